The number of aromatic hydroxyl groups is 1. The molecule has 1 N–H and O–H groups in total. The molecule has 246 valence electrons. The van der Waals surface area contributed by atoms with Crippen LogP contribution in [0.15, 0.2) is 110 Å². The SMILES string of the molecule is C=CCN1CC(=O)N2[C@@H](Cc3ccc(O)cc3)C(=O)N(Cc3cccnc3-c3cccc(OC)c3)C[C@@H]2N1C(=O)CCc1ccccc1. The third-order valence-electron chi connectivity index (χ3n) is 8.86. The summed E-state index contributed by atoms with van der Waals surface area (Å²) in [5, 5.41) is 13.3. The van der Waals surface area contributed by atoms with Crippen LogP contribution in [0, 0.1) is 0 Å². The van der Waals surface area contributed by atoms with Crippen molar-refractivity contribution < 1.29 is 24.2 Å². The fraction of sp³-hybridized carbons (Fsp3) is 0.263. The predicted molar refractivity (Wildman–Crippen MR) is 181 cm³/mol. The van der Waals surface area contributed by atoms with Gasteiger partial charge in [-0.1, -0.05) is 66.7 Å². The van der Waals surface area contributed by atoms with E-state index in [1.54, 1.807) is 63.5 Å². The van der Waals surface area contributed by atoms with Crippen molar-refractivity contribution in [1.29, 1.82) is 0 Å². The minimum Gasteiger partial charge on any atom is -0.508 e. The minimum absolute atomic E-state index is 0.0540. The highest BCUT2D eigenvalue weighted by Crippen LogP contribution is 2.32. The molecule has 4 aromatic rings. The van der Waals surface area contributed by atoms with Crippen LogP contribution in [0.2, 0.25) is 0 Å². The molecule has 3 aromatic carbocycles. The standard InChI is InChI=1S/C38H39N5O5/c1-3-21-41-26-36(46)42-33(22-28-14-17-31(44)18-15-28)38(47)40(25-34(42)43(41)35(45)19-16-27-9-5-4-6-10-27)24-30-12-8-20-39-37(30)29-11-7-13-32(23-29)48-2/h3-15,17-18,20,23,33-34,44H,1,16,19,21-22,24-26H2,2H3/t33-,34-/m0/s1. The van der Waals surface area contributed by atoms with Crippen molar-refractivity contribution in [1.82, 2.24) is 24.8 Å². The molecule has 2 saturated heterocycles. The average Bonchev–Trinajstić information content (AvgIpc) is 3.10. The molecule has 2 aliphatic rings. The Morgan fingerprint density at radius 2 is 1.79 bits per heavy atom. The van der Waals surface area contributed by atoms with E-state index in [2.05, 4.69) is 11.6 Å². The molecule has 0 unspecified atom stereocenters. The molecule has 10 nitrogen and oxygen atoms in total. The van der Waals surface area contributed by atoms with Gasteiger partial charge in [0.1, 0.15) is 23.7 Å². The number of piperazine rings is 1. The topological polar surface area (TPSA) is 107 Å². The summed E-state index contributed by atoms with van der Waals surface area (Å²) in [6.07, 6.45) is 3.65. The van der Waals surface area contributed by atoms with Gasteiger partial charge >= 0.3 is 0 Å². The van der Waals surface area contributed by atoms with Gasteiger partial charge in [-0.15, -0.1) is 6.58 Å². The minimum atomic E-state index is -0.868. The smallest absolute Gasteiger partial charge is 0.246 e. The number of hydrazine groups is 1. The number of nitrogens with zero attached hydrogens (tertiary/aromatic N) is 5. The lowest BCUT2D eigenvalue weighted by molar-refractivity contribution is -0.205. The van der Waals surface area contributed by atoms with Crippen molar-refractivity contribution in [2.75, 3.05) is 26.7 Å². The molecule has 48 heavy (non-hydrogen) atoms. The Bertz CT molecular complexity index is 1780. The molecule has 2 atom stereocenters. The van der Waals surface area contributed by atoms with Crippen LogP contribution >= 0.6 is 0 Å². The van der Waals surface area contributed by atoms with Gasteiger partial charge in [0.15, 0.2) is 0 Å². The lowest BCUT2D eigenvalue weighted by Gasteiger charge is -2.55. The van der Waals surface area contributed by atoms with Crippen molar-refractivity contribution in [3.05, 3.63) is 127 Å². The van der Waals surface area contributed by atoms with Crippen LogP contribution in [-0.4, -0.2) is 86.6 Å². The Kier molecular flexibility index (Phi) is 9.82. The average molecular weight is 646 g/mol. The van der Waals surface area contributed by atoms with Gasteiger partial charge in [0.05, 0.1) is 25.9 Å². The number of phenolic OH excluding ortho intramolecular Hbond substituents is 1. The van der Waals surface area contributed by atoms with Gasteiger partial charge in [-0.05, 0) is 53.4 Å². The molecule has 0 radical (unpaired) electrons. The zero-order valence-corrected chi connectivity index (χ0v) is 26.9. The number of aryl methyl sites for hydroxylation is 1. The molecule has 3 amide bonds. The van der Waals surface area contributed by atoms with Gasteiger partial charge in [0, 0.05) is 37.7 Å². The molecular formula is C38H39N5O5. The van der Waals surface area contributed by atoms with Crippen molar-refractivity contribution >= 4 is 17.7 Å². The summed E-state index contributed by atoms with van der Waals surface area (Å²) >= 11 is 0. The zero-order chi connectivity index (χ0) is 33.6. The number of benzene rings is 3. The highest BCUT2D eigenvalue weighted by molar-refractivity contribution is 5.92. The van der Waals surface area contributed by atoms with Gasteiger partial charge in [0.2, 0.25) is 17.7 Å². The number of pyridine rings is 1. The molecule has 10 heteroatoms. The molecule has 2 fully saturated rings. The number of amides is 3. The molecular weight excluding hydrogens is 606 g/mol. The number of phenols is 1. The maximum absolute atomic E-state index is 14.5. The first-order valence-corrected chi connectivity index (χ1v) is 16.0. The predicted octanol–water partition coefficient (Wildman–Crippen LogP) is 4.45. The summed E-state index contributed by atoms with van der Waals surface area (Å²) in [6.45, 7) is 4.46. The van der Waals surface area contributed by atoms with Crippen LogP contribution in [0.25, 0.3) is 11.3 Å². The zero-order valence-electron chi connectivity index (χ0n) is 26.9. The van der Waals surface area contributed by atoms with Crippen LogP contribution in [0.5, 0.6) is 11.5 Å². The van der Waals surface area contributed by atoms with Crippen molar-refractivity contribution in [3.8, 4) is 22.8 Å². The van der Waals surface area contributed by atoms with Gasteiger partial charge in [0.25, 0.3) is 0 Å². The van der Waals surface area contributed by atoms with E-state index in [1.807, 2.05) is 66.7 Å². The molecule has 0 spiro atoms. The van der Waals surface area contributed by atoms with Crippen molar-refractivity contribution in [3.63, 3.8) is 0 Å². The number of fused-ring (bicyclic) bond motifs is 1. The van der Waals surface area contributed by atoms with E-state index in [-0.39, 0.29) is 55.9 Å². The fourth-order valence-corrected chi connectivity index (χ4v) is 6.57. The Hall–Kier alpha value is -5.48. The molecule has 0 bridgehead atoms. The van der Waals surface area contributed by atoms with Crippen LogP contribution in [0.3, 0.4) is 0 Å². The maximum Gasteiger partial charge on any atom is 0.246 e. The Morgan fingerprint density at radius 1 is 1.00 bits per heavy atom. The summed E-state index contributed by atoms with van der Waals surface area (Å²) in [7, 11) is 1.61. The van der Waals surface area contributed by atoms with Crippen molar-refractivity contribution in [2.24, 2.45) is 0 Å². The van der Waals surface area contributed by atoms with E-state index < -0.39 is 12.2 Å². The molecule has 2 aliphatic heterocycles. The lowest BCUT2D eigenvalue weighted by Crippen LogP contribution is -2.75. The van der Waals surface area contributed by atoms with E-state index in [9.17, 15) is 19.5 Å². The number of carbonyl (C=O) groups excluding carboxylic acids is 3. The lowest BCUT2D eigenvalue weighted by atomic mass is 9.97. The number of ether oxygens (including phenoxy) is 1. The third-order valence-corrected chi connectivity index (χ3v) is 8.86. The van der Waals surface area contributed by atoms with E-state index in [0.717, 1.165) is 22.3 Å². The van der Waals surface area contributed by atoms with E-state index in [0.29, 0.717) is 24.4 Å². The first-order valence-electron chi connectivity index (χ1n) is 16.0. The largest absolute Gasteiger partial charge is 0.508 e. The van der Waals surface area contributed by atoms with E-state index >= 15 is 0 Å². The highest BCUT2D eigenvalue weighted by atomic mass is 16.5. The van der Waals surface area contributed by atoms with Gasteiger partial charge < -0.3 is 19.6 Å². The third kappa shape index (κ3) is 6.94. The second-order valence-corrected chi connectivity index (χ2v) is 12.0. The number of rotatable bonds is 11. The number of hydrogen-bond acceptors (Lipinski definition) is 7. The quantitative estimate of drug-likeness (QED) is 0.240. The first kappa shape index (κ1) is 32.5. The summed E-state index contributed by atoms with van der Waals surface area (Å²) in [4.78, 5) is 50.5. The summed E-state index contributed by atoms with van der Waals surface area (Å²) < 4.78 is 5.45. The van der Waals surface area contributed by atoms with Crippen LogP contribution in [0.4, 0.5) is 0 Å². The number of hydrogen-bond donors (Lipinski definition) is 1. The Labute approximate surface area is 280 Å². The number of methoxy groups -OCH3 is 1. The molecule has 0 aliphatic carbocycles. The highest BCUT2D eigenvalue weighted by Gasteiger charge is 2.51. The summed E-state index contributed by atoms with van der Waals surface area (Å²) in [5.41, 5.74) is 4.21. The summed E-state index contributed by atoms with van der Waals surface area (Å²) in [6, 6.07) is 27.0. The Balaban J connectivity index is 1.37. The Morgan fingerprint density at radius 3 is 2.54 bits per heavy atom. The second kappa shape index (κ2) is 14.5. The summed E-state index contributed by atoms with van der Waals surface area (Å²) in [5.74, 6) is 0.208. The number of aromatic nitrogens is 1. The van der Waals surface area contributed by atoms with E-state index in [1.165, 1.54) is 0 Å². The second-order valence-electron chi connectivity index (χ2n) is 12.0. The van der Waals surface area contributed by atoms with Gasteiger partial charge in [-0.3, -0.25) is 19.4 Å². The van der Waals surface area contributed by atoms with Crippen LogP contribution in [-0.2, 0) is 33.8 Å². The fourth-order valence-electron chi connectivity index (χ4n) is 6.57. The monoisotopic (exact) mass is 645 g/mol. The molecule has 6 rings (SSSR count). The first-order chi connectivity index (χ1) is 23.4. The molecule has 0 saturated carbocycles. The molecule has 1 aromatic heterocycles. The maximum atomic E-state index is 14.5. The van der Waals surface area contributed by atoms with Crippen molar-refractivity contribution in [2.45, 2.75) is 38.0 Å². The molecule has 3 heterocycles. The van der Waals surface area contributed by atoms with E-state index in [4.69, 9.17) is 4.74 Å². The number of carbonyl (C=O) groups is 3. The van der Waals surface area contributed by atoms with Crippen LogP contribution < -0.4 is 4.74 Å². The normalized spacial score (nSPS) is 18.1. The van der Waals surface area contributed by atoms with Gasteiger partial charge in [-0.2, -0.15) is 0 Å². The van der Waals surface area contributed by atoms with Crippen LogP contribution in [0.1, 0.15) is 23.1 Å². The van der Waals surface area contributed by atoms with Gasteiger partial charge in [-0.25, -0.2) is 10.0 Å².